The van der Waals surface area contributed by atoms with Crippen molar-refractivity contribution in [3.63, 3.8) is 0 Å². The molecule has 10 heteroatoms. The van der Waals surface area contributed by atoms with Gasteiger partial charge in [0, 0.05) is 5.56 Å². The van der Waals surface area contributed by atoms with Crippen LogP contribution in [0.15, 0.2) is 36.4 Å². The highest BCUT2D eigenvalue weighted by atomic mass is 35.5. The lowest BCUT2D eigenvalue weighted by Crippen LogP contribution is -2.34. The van der Waals surface area contributed by atoms with E-state index in [1.54, 1.807) is 6.07 Å². The van der Waals surface area contributed by atoms with Crippen LogP contribution in [-0.4, -0.2) is 24.2 Å². The number of thiocarbonyl (C=S) groups is 1. The summed E-state index contributed by atoms with van der Waals surface area (Å²) in [6.07, 6.45) is -4.53. The van der Waals surface area contributed by atoms with E-state index in [1.807, 2.05) is 0 Å². The van der Waals surface area contributed by atoms with Gasteiger partial charge in [-0.3, -0.25) is 10.1 Å². The molecule has 1 aliphatic heterocycles. The van der Waals surface area contributed by atoms with Gasteiger partial charge in [-0.1, -0.05) is 11.6 Å². The Balaban J connectivity index is 1.70. The van der Waals surface area contributed by atoms with Crippen molar-refractivity contribution in [1.82, 2.24) is 5.32 Å². The largest absolute Gasteiger partial charge is 0.486 e. The number of alkyl halides is 3. The number of benzene rings is 2. The number of anilines is 1. The predicted octanol–water partition coefficient (Wildman–Crippen LogP) is 4.26. The van der Waals surface area contributed by atoms with Crippen LogP contribution in [0.3, 0.4) is 0 Å². The Labute approximate surface area is 162 Å². The molecule has 2 aromatic rings. The van der Waals surface area contributed by atoms with E-state index in [4.69, 9.17) is 33.3 Å². The molecule has 5 nitrogen and oxygen atoms in total. The van der Waals surface area contributed by atoms with Crippen LogP contribution in [-0.2, 0) is 6.18 Å². The first-order chi connectivity index (χ1) is 12.7. The van der Waals surface area contributed by atoms with Crippen molar-refractivity contribution in [1.29, 1.82) is 0 Å². The molecule has 0 saturated carbocycles. The van der Waals surface area contributed by atoms with E-state index < -0.39 is 17.6 Å². The van der Waals surface area contributed by atoms with Crippen molar-refractivity contribution in [2.45, 2.75) is 6.18 Å². The fraction of sp³-hybridized carbons (Fsp3) is 0.176. The van der Waals surface area contributed by atoms with Crippen LogP contribution in [0, 0.1) is 0 Å². The number of fused-ring (bicyclic) bond motifs is 1. The smallest absolute Gasteiger partial charge is 0.416 e. The van der Waals surface area contributed by atoms with Crippen LogP contribution in [0.25, 0.3) is 0 Å². The number of rotatable bonds is 2. The van der Waals surface area contributed by atoms with Gasteiger partial charge in [-0.2, -0.15) is 13.2 Å². The van der Waals surface area contributed by atoms with Crippen LogP contribution in [0.4, 0.5) is 18.9 Å². The SMILES string of the molecule is O=C(NC(=S)Nc1cc(C(F)(F)F)ccc1Cl)c1ccc2c(c1)OCCO2. The summed E-state index contributed by atoms with van der Waals surface area (Å²) in [5.74, 6) is 0.385. The Kier molecular flexibility index (Phi) is 5.43. The second-order valence-corrected chi connectivity index (χ2v) is 6.27. The van der Waals surface area contributed by atoms with Gasteiger partial charge in [0.05, 0.1) is 16.3 Å². The Morgan fingerprint density at radius 2 is 1.78 bits per heavy atom. The van der Waals surface area contributed by atoms with Crippen LogP contribution in [0.1, 0.15) is 15.9 Å². The summed E-state index contributed by atoms with van der Waals surface area (Å²) in [4.78, 5) is 12.3. The Bertz CT molecular complexity index is 905. The molecule has 2 aromatic carbocycles. The third-order valence-electron chi connectivity index (χ3n) is 3.57. The molecule has 27 heavy (non-hydrogen) atoms. The molecule has 3 rings (SSSR count). The molecule has 1 amide bonds. The normalized spacial score (nSPS) is 13.0. The summed E-state index contributed by atoms with van der Waals surface area (Å²) in [6, 6.07) is 7.35. The first-order valence-corrected chi connectivity index (χ1v) is 8.41. The molecule has 0 fully saturated rings. The Morgan fingerprint density at radius 3 is 2.48 bits per heavy atom. The van der Waals surface area contributed by atoms with Gasteiger partial charge < -0.3 is 14.8 Å². The number of hydrogen-bond acceptors (Lipinski definition) is 4. The lowest BCUT2D eigenvalue weighted by Gasteiger charge is -2.19. The van der Waals surface area contributed by atoms with Gasteiger partial charge in [-0.05, 0) is 48.6 Å². The molecule has 0 bridgehead atoms. The van der Waals surface area contributed by atoms with E-state index in [0.717, 1.165) is 18.2 Å². The van der Waals surface area contributed by atoms with Crippen LogP contribution in [0.5, 0.6) is 11.5 Å². The molecule has 0 saturated heterocycles. The quantitative estimate of drug-likeness (QED) is 0.716. The number of halogens is 4. The number of hydrogen-bond donors (Lipinski definition) is 2. The molecule has 0 atom stereocenters. The van der Waals surface area contributed by atoms with Gasteiger partial charge >= 0.3 is 6.18 Å². The molecule has 0 spiro atoms. The van der Waals surface area contributed by atoms with Crippen LogP contribution < -0.4 is 20.1 Å². The van der Waals surface area contributed by atoms with Gasteiger partial charge in [0.1, 0.15) is 13.2 Å². The van der Waals surface area contributed by atoms with Gasteiger partial charge in [0.25, 0.3) is 5.91 Å². The summed E-state index contributed by atoms with van der Waals surface area (Å²) in [7, 11) is 0. The molecule has 142 valence electrons. The standard InChI is InChI=1S/C17H12ClF3N2O3S/c18-11-3-2-10(17(19,20)21)8-12(11)22-16(27)23-15(24)9-1-4-13-14(7-9)26-6-5-25-13/h1-4,7-8H,5-6H2,(H2,22,23,24,27). The van der Waals surface area contributed by atoms with Crippen molar-refractivity contribution >= 4 is 40.5 Å². The van der Waals surface area contributed by atoms with E-state index in [2.05, 4.69) is 10.6 Å². The topological polar surface area (TPSA) is 59.6 Å². The average molecular weight is 417 g/mol. The Hall–Kier alpha value is -2.52. The number of carbonyl (C=O) groups excluding carboxylic acids is 1. The zero-order chi connectivity index (χ0) is 19.6. The summed E-state index contributed by atoms with van der Waals surface area (Å²) in [6.45, 7) is 0.788. The van der Waals surface area contributed by atoms with E-state index in [-0.39, 0.29) is 21.4 Å². The maximum absolute atomic E-state index is 12.8. The fourth-order valence-electron chi connectivity index (χ4n) is 2.31. The maximum atomic E-state index is 12.8. The van der Waals surface area contributed by atoms with E-state index in [9.17, 15) is 18.0 Å². The van der Waals surface area contributed by atoms with Crippen molar-refractivity contribution in [3.05, 3.63) is 52.5 Å². The second-order valence-electron chi connectivity index (χ2n) is 5.46. The van der Waals surface area contributed by atoms with Crippen molar-refractivity contribution in [3.8, 4) is 11.5 Å². The van der Waals surface area contributed by atoms with E-state index in [1.165, 1.54) is 12.1 Å². The zero-order valence-electron chi connectivity index (χ0n) is 13.5. The summed E-state index contributed by atoms with van der Waals surface area (Å²) in [5, 5.41) is 4.71. The molecule has 0 aliphatic carbocycles. The first-order valence-electron chi connectivity index (χ1n) is 7.63. The number of ether oxygens (including phenoxy) is 2. The monoisotopic (exact) mass is 416 g/mol. The molecule has 2 N–H and O–H groups in total. The first kappa shape index (κ1) is 19.2. The average Bonchev–Trinajstić information content (AvgIpc) is 2.62. The summed E-state index contributed by atoms with van der Waals surface area (Å²) >= 11 is 10.9. The molecule has 0 aromatic heterocycles. The van der Waals surface area contributed by atoms with Crippen LogP contribution >= 0.6 is 23.8 Å². The molecule has 0 unspecified atom stereocenters. The highest BCUT2D eigenvalue weighted by Crippen LogP contribution is 2.34. The molecule has 1 aliphatic rings. The highest BCUT2D eigenvalue weighted by molar-refractivity contribution is 7.80. The second kappa shape index (κ2) is 7.61. The summed E-state index contributed by atoms with van der Waals surface area (Å²) < 4.78 is 49.2. The third-order valence-corrected chi connectivity index (χ3v) is 4.11. The molecular formula is C17H12ClF3N2O3S. The van der Waals surface area contributed by atoms with E-state index >= 15 is 0 Å². The summed E-state index contributed by atoms with van der Waals surface area (Å²) in [5.41, 5.74) is -0.715. The van der Waals surface area contributed by atoms with Crippen molar-refractivity contribution in [2.75, 3.05) is 18.5 Å². The molecular weight excluding hydrogens is 405 g/mol. The predicted molar refractivity (Wildman–Crippen MR) is 97.6 cm³/mol. The van der Waals surface area contributed by atoms with Gasteiger partial charge in [-0.25, -0.2) is 0 Å². The van der Waals surface area contributed by atoms with Crippen LogP contribution in [0.2, 0.25) is 5.02 Å². The fourth-order valence-corrected chi connectivity index (χ4v) is 2.68. The lowest BCUT2D eigenvalue weighted by molar-refractivity contribution is -0.137. The minimum atomic E-state index is -4.53. The highest BCUT2D eigenvalue weighted by Gasteiger charge is 2.31. The van der Waals surface area contributed by atoms with E-state index in [0.29, 0.717) is 24.7 Å². The third kappa shape index (κ3) is 4.61. The number of nitrogens with one attached hydrogen (secondary N) is 2. The van der Waals surface area contributed by atoms with Crippen molar-refractivity contribution < 1.29 is 27.4 Å². The maximum Gasteiger partial charge on any atom is 0.416 e. The van der Waals surface area contributed by atoms with Gasteiger partial charge in [0.2, 0.25) is 0 Å². The lowest BCUT2D eigenvalue weighted by atomic mass is 10.2. The van der Waals surface area contributed by atoms with Gasteiger partial charge in [-0.15, -0.1) is 0 Å². The Morgan fingerprint density at radius 1 is 1.07 bits per heavy atom. The minimum absolute atomic E-state index is 0.0268. The number of carbonyl (C=O) groups is 1. The zero-order valence-corrected chi connectivity index (χ0v) is 15.1. The van der Waals surface area contributed by atoms with Gasteiger partial charge in [0.15, 0.2) is 16.6 Å². The minimum Gasteiger partial charge on any atom is -0.486 e. The number of amides is 1. The van der Waals surface area contributed by atoms with Crippen molar-refractivity contribution in [2.24, 2.45) is 0 Å². The molecule has 0 radical (unpaired) electrons. The molecule has 1 heterocycles.